The SMILES string of the molecule is CCSc1nnc(N)n1C(CC)C(=O)Nc1nc(-c2ccc(C)cc2)cs1. The van der Waals surface area contributed by atoms with Gasteiger partial charge in [-0.05, 0) is 19.1 Å². The first-order chi connectivity index (χ1) is 13.0. The Morgan fingerprint density at radius 1 is 1.30 bits per heavy atom. The summed E-state index contributed by atoms with van der Waals surface area (Å²) in [6.45, 7) is 6.00. The Morgan fingerprint density at radius 3 is 2.70 bits per heavy atom. The van der Waals surface area contributed by atoms with Gasteiger partial charge in [0, 0.05) is 10.9 Å². The Morgan fingerprint density at radius 2 is 2.04 bits per heavy atom. The second-order valence-electron chi connectivity index (χ2n) is 5.96. The minimum absolute atomic E-state index is 0.174. The lowest BCUT2D eigenvalue weighted by atomic mass is 10.1. The minimum Gasteiger partial charge on any atom is -0.368 e. The summed E-state index contributed by atoms with van der Waals surface area (Å²) >= 11 is 2.91. The molecule has 0 fully saturated rings. The summed E-state index contributed by atoms with van der Waals surface area (Å²) in [5.74, 6) is 0.891. The van der Waals surface area contributed by atoms with E-state index < -0.39 is 6.04 Å². The number of carbonyl (C=O) groups is 1. The van der Waals surface area contributed by atoms with Crippen molar-refractivity contribution in [2.75, 3.05) is 16.8 Å². The predicted octanol–water partition coefficient (Wildman–Crippen LogP) is 3.99. The standard InChI is InChI=1S/C18H22N6OS2/c1-4-14(24-16(19)22-23-18(24)26-5-2)15(25)21-17-20-13(10-27-17)12-8-6-11(3)7-9-12/h6-10,14H,4-5H2,1-3H3,(H2,19,22)(H,20,21,25). The second-order valence-corrected chi connectivity index (χ2v) is 8.05. The fraction of sp³-hybridized carbons (Fsp3) is 0.333. The first kappa shape index (κ1) is 19.4. The summed E-state index contributed by atoms with van der Waals surface area (Å²) < 4.78 is 1.69. The molecule has 0 saturated carbocycles. The lowest BCUT2D eigenvalue weighted by Crippen LogP contribution is -2.27. The molecule has 1 unspecified atom stereocenters. The number of nitrogens with zero attached hydrogens (tertiary/aromatic N) is 4. The summed E-state index contributed by atoms with van der Waals surface area (Å²) in [6, 6.07) is 7.65. The van der Waals surface area contributed by atoms with E-state index in [0.717, 1.165) is 17.0 Å². The Hall–Kier alpha value is -2.39. The average Bonchev–Trinajstić information content (AvgIpc) is 3.25. The molecule has 142 valence electrons. The molecule has 0 spiro atoms. The molecular formula is C18H22N6OS2. The van der Waals surface area contributed by atoms with Crippen LogP contribution in [0.1, 0.15) is 31.9 Å². The van der Waals surface area contributed by atoms with Gasteiger partial charge >= 0.3 is 0 Å². The normalized spacial score (nSPS) is 12.1. The van der Waals surface area contributed by atoms with Crippen molar-refractivity contribution >= 4 is 40.1 Å². The monoisotopic (exact) mass is 402 g/mol. The Kier molecular flexibility index (Phi) is 6.12. The van der Waals surface area contributed by atoms with Crippen LogP contribution in [0.4, 0.5) is 11.1 Å². The van der Waals surface area contributed by atoms with E-state index in [0.29, 0.717) is 16.7 Å². The number of nitrogens with one attached hydrogen (secondary N) is 1. The third kappa shape index (κ3) is 4.30. The summed E-state index contributed by atoms with van der Waals surface area (Å²) in [5, 5.41) is 14.0. The molecular weight excluding hydrogens is 380 g/mol. The molecule has 0 bridgehead atoms. The number of aromatic nitrogens is 4. The van der Waals surface area contributed by atoms with Crippen LogP contribution in [0.15, 0.2) is 34.8 Å². The molecule has 3 rings (SSSR count). The molecule has 7 nitrogen and oxygen atoms in total. The third-order valence-corrected chi connectivity index (χ3v) is 5.63. The second kappa shape index (κ2) is 8.53. The lowest BCUT2D eigenvalue weighted by molar-refractivity contribution is -0.119. The van der Waals surface area contributed by atoms with Gasteiger partial charge in [-0.3, -0.25) is 9.36 Å². The van der Waals surface area contributed by atoms with Crippen molar-refractivity contribution in [1.82, 2.24) is 19.7 Å². The van der Waals surface area contributed by atoms with Gasteiger partial charge in [-0.15, -0.1) is 21.5 Å². The summed E-state index contributed by atoms with van der Waals surface area (Å²) in [7, 11) is 0. The maximum atomic E-state index is 12.9. The van der Waals surface area contributed by atoms with Crippen LogP contribution < -0.4 is 11.1 Å². The number of hydrogen-bond acceptors (Lipinski definition) is 7. The molecule has 3 N–H and O–H groups in total. The largest absolute Gasteiger partial charge is 0.368 e. The van der Waals surface area contributed by atoms with Gasteiger partial charge in [0.15, 0.2) is 10.3 Å². The van der Waals surface area contributed by atoms with Crippen LogP contribution in [0.5, 0.6) is 0 Å². The van der Waals surface area contributed by atoms with E-state index >= 15 is 0 Å². The van der Waals surface area contributed by atoms with Crippen LogP contribution in [-0.2, 0) is 4.79 Å². The number of thiazole rings is 1. The third-order valence-electron chi connectivity index (χ3n) is 4.05. The molecule has 3 aromatic rings. The molecule has 1 amide bonds. The maximum absolute atomic E-state index is 12.9. The number of thioether (sulfide) groups is 1. The fourth-order valence-electron chi connectivity index (χ4n) is 2.67. The molecule has 0 aliphatic carbocycles. The van der Waals surface area contributed by atoms with E-state index in [9.17, 15) is 4.79 Å². The smallest absolute Gasteiger partial charge is 0.249 e. The van der Waals surface area contributed by atoms with Gasteiger partial charge in [0.1, 0.15) is 6.04 Å². The molecule has 0 saturated heterocycles. The minimum atomic E-state index is -0.485. The van der Waals surface area contributed by atoms with Gasteiger partial charge < -0.3 is 11.1 Å². The van der Waals surface area contributed by atoms with Crippen molar-refractivity contribution in [2.24, 2.45) is 0 Å². The molecule has 0 radical (unpaired) electrons. The Balaban J connectivity index is 1.78. The van der Waals surface area contributed by atoms with Crippen LogP contribution >= 0.6 is 23.1 Å². The van der Waals surface area contributed by atoms with Crippen LogP contribution in [0.3, 0.4) is 0 Å². The van der Waals surface area contributed by atoms with Gasteiger partial charge in [-0.1, -0.05) is 55.4 Å². The zero-order chi connectivity index (χ0) is 19.4. The molecule has 0 aliphatic heterocycles. The van der Waals surface area contributed by atoms with E-state index in [1.54, 1.807) is 4.57 Å². The summed E-state index contributed by atoms with van der Waals surface area (Å²) in [6.07, 6.45) is 0.571. The van der Waals surface area contributed by atoms with Crippen molar-refractivity contribution in [1.29, 1.82) is 0 Å². The molecule has 1 atom stereocenters. The summed E-state index contributed by atoms with van der Waals surface area (Å²) in [5.41, 5.74) is 9.01. The van der Waals surface area contributed by atoms with E-state index in [1.807, 2.05) is 50.4 Å². The van der Waals surface area contributed by atoms with Crippen LogP contribution in [0, 0.1) is 6.92 Å². The number of rotatable bonds is 7. The molecule has 2 aromatic heterocycles. The highest BCUT2D eigenvalue weighted by molar-refractivity contribution is 7.99. The van der Waals surface area contributed by atoms with Crippen molar-refractivity contribution < 1.29 is 4.79 Å². The number of hydrogen-bond donors (Lipinski definition) is 2. The predicted molar refractivity (Wildman–Crippen MR) is 111 cm³/mol. The number of benzene rings is 1. The van der Waals surface area contributed by atoms with Crippen molar-refractivity contribution in [2.45, 2.75) is 38.4 Å². The van der Waals surface area contributed by atoms with E-state index in [4.69, 9.17) is 5.73 Å². The number of nitrogen functional groups attached to an aromatic ring is 1. The fourth-order valence-corrected chi connectivity index (χ4v) is 4.11. The van der Waals surface area contributed by atoms with Gasteiger partial charge in [-0.25, -0.2) is 4.98 Å². The number of amides is 1. The van der Waals surface area contributed by atoms with Gasteiger partial charge in [-0.2, -0.15) is 0 Å². The van der Waals surface area contributed by atoms with Crippen molar-refractivity contribution in [3.63, 3.8) is 0 Å². The zero-order valence-electron chi connectivity index (χ0n) is 15.5. The van der Waals surface area contributed by atoms with Crippen LogP contribution in [0.2, 0.25) is 0 Å². The number of aryl methyl sites for hydroxylation is 1. The van der Waals surface area contributed by atoms with Crippen LogP contribution in [-0.4, -0.2) is 31.4 Å². The lowest BCUT2D eigenvalue weighted by Gasteiger charge is -2.18. The first-order valence-electron chi connectivity index (χ1n) is 8.70. The topological polar surface area (TPSA) is 98.7 Å². The molecule has 9 heteroatoms. The molecule has 2 heterocycles. The van der Waals surface area contributed by atoms with Crippen molar-refractivity contribution in [3.05, 3.63) is 35.2 Å². The Bertz CT molecular complexity index is 918. The van der Waals surface area contributed by atoms with Gasteiger partial charge in [0.2, 0.25) is 11.9 Å². The molecule has 0 aliphatic rings. The zero-order valence-corrected chi connectivity index (χ0v) is 17.1. The van der Waals surface area contributed by atoms with Gasteiger partial charge in [0.05, 0.1) is 5.69 Å². The van der Waals surface area contributed by atoms with E-state index in [-0.39, 0.29) is 11.9 Å². The highest BCUT2D eigenvalue weighted by Gasteiger charge is 2.25. The highest BCUT2D eigenvalue weighted by atomic mass is 32.2. The van der Waals surface area contributed by atoms with E-state index in [2.05, 4.69) is 20.5 Å². The van der Waals surface area contributed by atoms with Crippen molar-refractivity contribution in [3.8, 4) is 11.3 Å². The average molecular weight is 403 g/mol. The Labute approximate surface area is 166 Å². The van der Waals surface area contributed by atoms with Crippen LogP contribution in [0.25, 0.3) is 11.3 Å². The quantitative estimate of drug-likeness (QED) is 0.580. The van der Waals surface area contributed by atoms with Gasteiger partial charge in [0.25, 0.3) is 0 Å². The first-order valence-corrected chi connectivity index (χ1v) is 10.6. The number of nitrogens with two attached hydrogens (primary N) is 1. The molecule has 1 aromatic carbocycles. The highest BCUT2D eigenvalue weighted by Crippen LogP contribution is 2.28. The molecule has 27 heavy (non-hydrogen) atoms. The number of carbonyl (C=O) groups excluding carboxylic acids is 1. The summed E-state index contributed by atoms with van der Waals surface area (Å²) in [4.78, 5) is 17.4. The maximum Gasteiger partial charge on any atom is 0.249 e. The van der Waals surface area contributed by atoms with E-state index in [1.165, 1.54) is 28.7 Å². The number of anilines is 2.